The lowest BCUT2D eigenvalue weighted by Gasteiger charge is -2.25. The van der Waals surface area contributed by atoms with Crippen LogP contribution in [0.1, 0.15) is 43.6 Å². The Morgan fingerprint density at radius 3 is 1.98 bits per heavy atom. The third kappa shape index (κ3) is 11.9. The number of carbonyl (C=O) groups excluding carboxylic acids is 3. The van der Waals surface area contributed by atoms with E-state index in [1.807, 2.05) is 0 Å². The number of primary amides is 1. The molecule has 0 radical (unpaired) electrons. The summed E-state index contributed by atoms with van der Waals surface area (Å²) < 4.78 is 71.7. The lowest BCUT2D eigenvalue weighted by atomic mass is 10.1. The molecule has 0 bridgehead atoms. The molecule has 226 valence electrons. The van der Waals surface area contributed by atoms with Gasteiger partial charge >= 0.3 is 0 Å². The van der Waals surface area contributed by atoms with E-state index in [0.29, 0.717) is 0 Å². The minimum absolute atomic E-state index is 0.0556. The first-order chi connectivity index (χ1) is 18.6. The zero-order valence-electron chi connectivity index (χ0n) is 23.0. The number of aromatic nitrogens is 1. The summed E-state index contributed by atoms with van der Waals surface area (Å²) in [6.45, 7) is 6.68. The Hall–Kier alpha value is -3.14. The lowest BCUT2D eigenvalue weighted by Crippen LogP contribution is -2.39. The topological polar surface area (TPSA) is 164 Å². The third-order valence-corrected chi connectivity index (χ3v) is 6.23. The van der Waals surface area contributed by atoms with Gasteiger partial charge < -0.3 is 30.8 Å². The predicted molar refractivity (Wildman–Crippen MR) is 142 cm³/mol. The van der Waals surface area contributed by atoms with E-state index in [9.17, 15) is 35.9 Å². The molecule has 1 aromatic heterocycles. The Morgan fingerprint density at radius 2 is 1.68 bits per heavy atom. The number of fused-ring (bicyclic) bond motifs is 1. The molecule has 1 amide bonds. The van der Waals surface area contributed by atoms with Gasteiger partial charge in [0.2, 0.25) is 6.29 Å². The summed E-state index contributed by atoms with van der Waals surface area (Å²) in [6, 6.07) is 1.77. The van der Waals surface area contributed by atoms with Gasteiger partial charge in [-0.3, -0.25) is 18.6 Å². The highest BCUT2D eigenvalue weighted by Crippen LogP contribution is 2.46. The molecule has 4 rings (SSSR count). The Labute approximate surface area is 233 Å². The number of benzene rings is 1. The number of rotatable bonds is 4. The third-order valence-electron chi connectivity index (χ3n) is 5.58. The first-order valence-electron chi connectivity index (χ1n) is 12.1. The first kappa shape index (κ1) is 36.9. The standard InChI is InChI=1S/C7H6F3N.C7H14N2.C6H6FNO3S.C3H8.C2H3NO2/c1-11-4-2-5(8)7(10)6(9)3-4;1-9-3-2-7(8)4-6(7)5-9;1-8-2-5(12(10)11)6(7)4(8)3-9;1-3-2;3-2(5)1-4/h2-3,11H,1H3;6H,2-5,8H2,1H3;2-3H,1H3,(H,10,11);3H2,1-2H3;1H,(H2,3,5)/p-1. The fraction of sp³-hybridized carbons (Fsp3) is 0.480. The van der Waals surface area contributed by atoms with Crippen molar-refractivity contribution in [2.45, 2.75) is 43.5 Å². The maximum Gasteiger partial charge on any atom is 0.281 e. The van der Waals surface area contributed by atoms with Gasteiger partial charge in [0.25, 0.3) is 5.91 Å². The van der Waals surface area contributed by atoms with Crippen molar-refractivity contribution in [1.82, 2.24) is 9.47 Å². The molecule has 1 aliphatic heterocycles. The summed E-state index contributed by atoms with van der Waals surface area (Å²) in [6.07, 6.45) is 5.11. The second kappa shape index (κ2) is 17.5. The maximum absolute atomic E-state index is 12.9. The van der Waals surface area contributed by atoms with Crippen LogP contribution in [0.2, 0.25) is 0 Å². The number of likely N-dealkylation sites (tertiary alicyclic amines) is 1. The molecule has 5 N–H and O–H groups in total. The molecule has 1 aromatic carbocycles. The van der Waals surface area contributed by atoms with Crippen molar-refractivity contribution in [3.05, 3.63) is 47.3 Å². The second-order valence-corrected chi connectivity index (χ2v) is 9.94. The van der Waals surface area contributed by atoms with Gasteiger partial charge in [0.1, 0.15) is 5.69 Å². The number of carbonyl (C=O) groups is 3. The average Bonchev–Trinajstić information content (AvgIpc) is 3.47. The number of aldehydes is 2. The zero-order valence-corrected chi connectivity index (χ0v) is 23.8. The Morgan fingerprint density at radius 1 is 1.18 bits per heavy atom. The van der Waals surface area contributed by atoms with E-state index in [-0.39, 0.29) is 29.5 Å². The highest BCUT2D eigenvalue weighted by molar-refractivity contribution is 7.79. The van der Waals surface area contributed by atoms with Crippen LogP contribution in [0.25, 0.3) is 0 Å². The van der Waals surface area contributed by atoms with Crippen LogP contribution in [0.15, 0.2) is 23.2 Å². The van der Waals surface area contributed by atoms with Gasteiger partial charge in [0.05, 0.1) is 4.90 Å². The normalized spacial score (nSPS) is 19.2. The Balaban J connectivity index is 0.000000507. The van der Waals surface area contributed by atoms with Crippen LogP contribution in [0.5, 0.6) is 0 Å². The number of nitrogens with zero attached hydrogens (tertiary/aromatic N) is 2. The molecule has 3 atom stereocenters. The molecular weight excluding hydrogens is 558 g/mol. The van der Waals surface area contributed by atoms with Gasteiger partial charge in [-0.05, 0) is 43.4 Å². The highest BCUT2D eigenvalue weighted by atomic mass is 32.2. The Kier molecular flexibility index (Phi) is 16.2. The van der Waals surface area contributed by atoms with E-state index in [1.165, 1.54) is 46.4 Å². The molecule has 1 saturated carbocycles. The van der Waals surface area contributed by atoms with Crippen molar-refractivity contribution in [3.63, 3.8) is 0 Å². The summed E-state index contributed by atoms with van der Waals surface area (Å²) >= 11 is -2.64. The molecule has 1 aliphatic carbocycles. The van der Waals surface area contributed by atoms with Gasteiger partial charge in [0, 0.05) is 50.2 Å². The van der Waals surface area contributed by atoms with Gasteiger partial charge in [-0.25, -0.2) is 17.6 Å². The fourth-order valence-corrected chi connectivity index (χ4v) is 3.85. The summed E-state index contributed by atoms with van der Waals surface area (Å²) in [5, 5.41) is 2.49. The molecule has 0 spiro atoms. The number of aryl methyl sites for hydroxylation is 1. The fourth-order valence-electron chi connectivity index (χ4n) is 3.35. The molecule has 10 nitrogen and oxygen atoms in total. The average molecular weight is 595 g/mol. The smallest absolute Gasteiger partial charge is 0.281 e. The maximum atomic E-state index is 12.9. The van der Waals surface area contributed by atoms with Crippen molar-refractivity contribution >= 4 is 35.2 Å². The largest absolute Gasteiger partial charge is 0.768 e. The number of hydrogen-bond acceptors (Lipinski definition) is 8. The van der Waals surface area contributed by atoms with Crippen LogP contribution in [-0.4, -0.2) is 69.4 Å². The summed E-state index contributed by atoms with van der Waals surface area (Å²) in [7, 11) is 5.06. The van der Waals surface area contributed by atoms with Crippen molar-refractivity contribution < 1.29 is 40.7 Å². The van der Waals surface area contributed by atoms with E-state index in [4.69, 9.17) is 10.5 Å². The van der Waals surface area contributed by atoms with Crippen LogP contribution in [0, 0.1) is 29.2 Å². The summed E-state index contributed by atoms with van der Waals surface area (Å²) in [5.74, 6) is -4.91. The molecule has 3 unspecified atom stereocenters. The minimum atomic E-state index is -2.64. The number of nitrogens with one attached hydrogen (secondary N) is 1. The molecule has 2 heterocycles. The number of nitrogens with two attached hydrogens (primary N) is 2. The quantitative estimate of drug-likeness (QED) is 0.160. The van der Waals surface area contributed by atoms with Gasteiger partial charge in [0.15, 0.2) is 29.6 Å². The highest BCUT2D eigenvalue weighted by Gasteiger charge is 2.52. The lowest BCUT2D eigenvalue weighted by molar-refractivity contribution is -0.129. The summed E-state index contributed by atoms with van der Waals surface area (Å²) in [4.78, 5) is 30.4. The number of halogens is 4. The number of amides is 1. The van der Waals surface area contributed by atoms with Crippen molar-refractivity contribution in [2.24, 2.45) is 24.4 Å². The monoisotopic (exact) mass is 594 g/mol. The zero-order chi connectivity index (χ0) is 31.2. The minimum Gasteiger partial charge on any atom is -0.768 e. The number of hydrogen-bond donors (Lipinski definition) is 3. The molecule has 40 heavy (non-hydrogen) atoms. The Bertz CT molecular complexity index is 1140. The van der Waals surface area contributed by atoms with Crippen molar-refractivity contribution in [1.29, 1.82) is 0 Å². The SMILES string of the molecule is CCC.CN1CCC2(N)CC2C1.CNc1cc(F)c(F)c(F)c1.Cn1cc(S(=O)[O-])c(F)c1C=O.NC(=O)C=O. The van der Waals surface area contributed by atoms with Crippen LogP contribution in [0.4, 0.5) is 23.2 Å². The second-order valence-electron chi connectivity index (χ2n) is 9.03. The molecular formula is C25H36F4N5O5S-. The predicted octanol–water partition coefficient (Wildman–Crippen LogP) is 2.49. The van der Waals surface area contributed by atoms with E-state index >= 15 is 0 Å². The van der Waals surface area contributed by atoms with Gasteiger partial charge in [-0.1, -0.05) is 20.3 Å². The van der Waals surface area contributed by atoms with Crippen LogP contribution in [0.3, 0.4) is 0 Å². The number of anilines is 1. The van der Waals surface area contributed by atoms with Crippen LogP contribution >= 0.6 is 0 Å². The van der Waals surface area contributed by atoms with Crippen LogP contribution in [-0.2, 0) is 27.7 Å². The molecule has 15 heteroatoms. The van der Waals surface area contributed by atoms with Crippen molar-refractivity contribution in [3.8, 4) is 0 Å². The van der Waals surface area contributed by atoms with Gasteiger partial charge in [-0.15, -0.1) is 0 Å². The van der Waals surface area contributed by atoms with Crippen molar-refractivity contribution in [2.75, 3.05) is 32.5 Å². The van der Waals surface area contributed by atoms with E-state index in [1.54, 1.807) is 0 Å². The van der Waals surface area contributed by atoms with Crippen LogP contribution < -0.4 is 16.8 Å². The molecule has 2 fully saturated rings. The first-order valence-corrected chi connectivity index (χ1v) is 13.1. The van der Waals surface area contributed by atoms with E-state index < -0.39 is 45.2 Å². The summed E-state index contributed by atoms with van der Waals surface area (Å²) in [5.41, 5.74) is 10.5. The molecule has 1 saturated heterocycles. The van der Waals surface area contributed by atoms with E-state index in [0.717, 1.165) is 28.8 Å². The van der Waals surface area contributed by atoms with E-state index in [2.05, 4.69) is 36.8 Å². The number of piperidine rings is 1. The van der Waals surface area contributed by atoms with Gasteiger partial charge in [-0.2, -0.15) is 0 Å². The molecule has 2 aliphatic rings. The molecule has 2 aromatic rings.